The van der Waals surface area contributed by atoms with Gasteiger partial charge in [0.1, 0.15) is 12.4 Å². The second-order valence-corrected chi connectivity index (χ2v) is 7.26. The van der Waals surface area contributed by atoms with Crippen molar-refractivity contribution in [2.45, 2.75) is 39.5 Å². The molecule has 1 unspecified atom stereocenters. The molecular formula is C21H25N2O3S+. The average molecular weight is 386 g/mol. The molecule has 1 atom stereocenters. The van der Waals surface area contributed by atoms with Gasteiger partial charge in [0.25, 0.3) is 5.82 Å². The molecule has 5 nitrogen and oxygen atoms in total. The lowest BCUT2D eigenvalue weighted by molar-refractivity contribution is -0.702. The van der Waals surface area contributed by atoms with Crippen LogP contribution in [0.1, 0.15) is 30.2 Å². The zero-order chi connectivity index (χ0) is 19.2. The summed E-state index contributed by atoms with van der Waals surface area (Å²) in [6.45, 7) is 6.17. The highest BCUT2D eigenvalue weighted by Gasteiger charge is 2.24. The van der Waals surface area contributed by atoms with Gasteiger partial charge in [0.2, 0.25) is 0 Å². The first-order valence-electron chi connectivity index (χ1n) is 9.14. The first-order valence-corrected chi connectivity index (χ1v) is 10.0. The number of esters is 1. The number of aliphatic hydroxyl groups is 1. The van der Waals surface area contributed by atoms with E-state index in [0.717, 1.165) is 24.2 Å². The molecule has 2 heterocycles. The Balaban J connectivity index is 1.54. The lowest BCUT2D eigenvalue weighted by Gasteiger charge is -2.11. The minimum Gasteiger partial charge on any atom is -0.463 e. The van der Waals surface area contributed by atoms with E-state index in [9.17, 15) is 9.90 Å². The molecule has 0 aliphatic rings. The van der Waals surface area contributed by atoms with Crippen molar-refractivity contribution >= 4 is 17.3 Å². The molecular weight excluding hydrogens is 360 g/mol. The SMILES string of the molecule is CCn1cc[n+](CCCOC(=O)C(O)c2sccc2-c2ccccc2)c1C. The summed E-state index contributed by atoms with van der Waals surface area (Å²) in [5, 5.41) is 12.3. The van der Waals surface area contributed by atoms with E-state index in [1.54, 1.807) is 0 Å². The lowest BCUT2D eigenvalue weighted by Crippen LogP contribution is -2.36. The van der Waals surface area contributed by atoms with Crippen LogP contribution in [0.25, 0.3) is 11.1 Å². The largest absolute Gasteiger partial charge is 0.463 e. The minimum absolute atomic E-state index is 0.283. The summed E-state index contributed by atoms with van der Waals surface area (Å²) in [5.74, 6) is 0.581. The van der Waals surface area contributed by atoms with Gasteiger partial charge in [0.05, 0.1) is 24.6 Å². The molecule has 142 valence electrons. The maximum absolute atomic E-state index is 12.3. The summed E-state index contributed by atoms with van der Waals surface area (Å²) in [6, 6.07) is 11.7. The summed E-state index contributed by atoms with van der Waals surface area (Å²) < 4.78 is 9.61. The van der Waals surface area contributed by atoms with Crippen molar-refractivity contribution in [1.29, 1.82) is 0 Å². The highest BCUT2D eigenvalue weighted by Crippen LogP contribution is 2.33. The van der Waals surface area contributed by atoms with E-state index < -0.39 is 12.1 Å². The van der Waals surface area contributed by atoms with E-state index in [1.165, 1.54) is 17.2 Å². The Kier molecular flexibility index (Phi) is 6.42. The molecule has 0 aliphatic carbocycles. The van der Waals surface area contributed by atoms with Crippen LogP contribution in [-0.4, -0.2) is 22.2 Å². The van der Waals surface area contributed by atoms with Crippen molar-refractivity contribution in [3.05, 3.63) is 64.9 Å². The maximum Gasteiger partial charge on any atom is 0.340 e. The summed E-state index contributed by atoms with van der Waals surface area (Å²) in [4.78, 5) is 12.9. The van der Waals surface area contributed by atoms with E-state index in [2.05, 4.69) is 23.0 Å². The van der Waals surface area contributed by atoms with Crippen LogP contribution in [0.5, 0.6) is 0 Å². The number of hydrogen-bond acceptors (Lipinski definition) is 4. The number of ether oxygens (including phenoxy) is 1. The van der Waals surface area contributed by atoms with Gasteiger partial charge < -0.3 is 9.84 Å². The van der Waals surface area contributed by atoms with Crippen LogP contribution in [0.2, 0.25) is 0 Å². The van der Waals surface area contributed by atoms with Gasteiger partial charge in [-0.15, -0.1) is 11.3 Å². The maximum atomic E-state index is 12.3. The first kappa shape index (κ1) is 19.3. The number of hydrogen-bond donors (Lipinski definition) is 1. The molecule has 0 amide bonds. The van der Waals surface area contributed by atoms with Crippen molar-refractivity contribution in [3.63, 3.8) is 0 Å². The molecule has 27 heavy (non-hydrogen) atoms. The molecule has 0 aliphatic heterocycles. The number of aromatic nitrogens is 2. The topological polar surface area (TPSA) is 55.3 Å². The van der Waals surface area contributed by atoms with Gasteiger partial charge in [-0.1, -0.05) is 30.3 Å². The van der Waals surface area contributed by atoms with Gasteiger partial charge in [-0.05, 0) is 29.5 Å². The van der Waals surface area contributed by atoms with E-state index >= 15 is 0 Å². The van der Waals surface area contributed by atoms with Crippen molar-refractivity contribution in [2.24, 2.45) is 0 Å². The molecule has 0 spiro atoms. The summed E-state index contributed by atoms with van der Waals surface area (Å²) >= 11 is 1.37. The predicted octanol–water partition coefficient (Wildman–Crippen LogP) is 3.50. The fourth-order valence-electron chi connectivity index (χ4n) is 3.09. The van der Waals surface area contributed by atoms with Crippen molar-refractivity contribution < 1.29 is 19.2 Å². The molecule has 1 aromatic carbocycles. The average Bonchev–Trinajstić information content (AvgIpc) is 3.32. The molecule has 0 saturated heterocycles. The van der Waals surface area contributed by atoms with Crippen LogP contribution in [-0.2, 0) is 22.6 Å². The third-order valence-electron chi connectivity index (χ3n) is 4.64. The third-order valence-corrected chi connectivity index (χ3v) is 5.61. The predicted molar refractivity (Wildman–Crippen MR) is 105 cm³/mol. The van der Waals surface area contributed by atoms with Gasteiger partial charge in [-0.25, -0.2) is 13.9 Å². The Hall–Kier alpha value is -2.44. The van der Waals surface area contributed by atoms with Gasteiger partial charge in [0, 0.05) is 13.3 Å². The van der Waals surface area contributed by atoms with Gasteiger partial charge in [0.15, 0.2) is 6.10 Å². The molecule has 3 rings (SSSR count). The Morgan fingerprint density at radius 2 is 2.07 bits per heavy atom. The molecule has 0 bridgehead atoms. The van der Waals surface area contributed by atoms with Gasteiger partial charge in [-0.3, -0.25) is 0 Å². The van der Waals surface area contributed by atoms with Crippen molar-refractivity contribution in [2.75, 3.05) is 6.61 Å². The first-order chi connectivity index (χ1) is 13.1. The van der Waals surface area contributed by atoms with Crippen molar-refractivity contribution in [1.82, 2.24) is 4.57 Å². The van der Waals surface area contributed by atoms with Crippen molar-refractivity contribution in [3.8, 4) is 11.1 Å². The number of thiophene rings is 1. The number of benzene rings is 1. The normalized spacial score (nSPS) is 12.1. The molecule has 0 fully saturated rings. The third kappa shape index (κ3) is 4.46. The number of aryl methyl sites for hydroxylation is 2. The highest BCUT2D eigenvalue weighted by molar-refractivity contribution is 7.10. The Labute approximate surface area is 163 Å². The standard InChI is InChI=1S/C21H25N2O3S/c1-3-22-12-13-23(16(22)2)11-7-14-26-21(25)19(24)20-18(10-15-27-20)17-8-5-4-6-9-17/h4-6,8-10,12-13,15,19,24H,3,7,11,14H2,1-2H3/q+1. The smallest absolute Gasteiger partial charge is 0.340 e. The fourth-order valence-corrected chi connectivity index (χ4v) is 3.98. The van der Waals surface area contributed by atoms with E-state index in [4.69, 9.17) is 4.74 Å². The second kappa shape index (κ2) is 8.97. The van der Waals surface area contributed by atoms with Crippen LogP contribution >= 0.6 is 11.3 Å². The molecule has 0 radical (unpaired) electrons. The van der Waals surface area contributed by atoms with E-state index in [1.807, 2.05) is 54.2 Å². The fraction of sp³-hybridized carbons (Fsp3) is 0.333. The van der Waals surface area contributed by atoms with Crippen LogP contribution in [0, 0.1) is 6.92 Å². The molecule has 6 heteroatoms. The summed E-state index contributed by atoms with van der Waals surface area (Å²) in [6.07, 6.45) is 3.53. The number of carbonyl (C=O) groups excluding carboxylic acids is 1. The minimum atomic E-state index is -1.25. The van der Waals surface area contributed by atoms with Crippen LogP contribution in [0.4, 0.5) is 0 Å². The van der Waals surface area contributed by atoms with Crippen LogP contribution in [0.3, 0.4) is 0 Å². The number of carbonyl (C=O) groups is 1. The summed E-state index contributed by atoms with van der Waals surface area (Å²) in [5.41, 5.74) is 1.85. The monoisotopic (exact) mass is 385 g/mol. The highest BCUT2D eigenvalue weighted by atomic mass is 32.1. The van der Waals surface area contributed by atoms with Crippen LogP contribution in [0.15, 0.2) is 54.2 Å². The molecule has 2 aromatic heterocycles. The van der Waals surface area contributed by atoms with Gasteiger partial charge >= 0.3 is 5.97 Å². The number of aliphatic hydroxyl groups excluding tert-OH is 1. The molecule has 1 N–H and O–H groups in total. The number of rotatable bonds is 8. The zero-order valence-electron chi connectivity index (χ0n) is 15.7. The second-order valence-electron chi connectivity index (χ2n) is 6.31. The van der Waals surface area contributed by atoms with Crippen LogP contribution < -0.4 is 4.57 Å². The van der Waals surface area contributed by atoms with E-state index in [0.29, 0.717) is 11.3 Å². The summed E-state index contributed by atoms with van der Waals surface area (Å²) in [7, 11) is 0. The molecule has 3 aromatic rings. The van der Waals surface area contributed by atoms with E-state index in [-0.39, 0.29) is 6.61 Å². The quantitative estimate of drug-likeness (QED) is 0.367. The zero-order valence-corrected chi connectivity index (χ0v) is 16.5. The Bertz CT molecular complexity index is 886. The Morgan fingerprint density at radius 3 is 2.78 bits per heavy atom. The molecule has 0 saturated carbocycles. The Morgan fingerprint density at radius 1 is 1.30 bits per heavy atom. The number of imidazole rings is 1. The lowest BCUT2D eigenvalue weighted by atomic mass is 10.0. The number of nitrogens with zero attached hydrogens (tertiary/aromatic N) is 2. The van der Waals surface area contributed by atoms with Gasteiger partial charge in [-0.2, -0.15) is 0 Å².